The molecule has 0 aromatic carbocycles. The van der Waals surface area contributed by atoms with Crippen LogP contribution in [0.1, 0.15) is 60.8 Å². The van der Waals surface area contributed by atoms with E-state index in [1.807, 2.05) is 0 Å². The van der Waals surface area contributed by atoms with E-state index in [4.69, 9.17) is 4.74 Å². The number of rotatable bonds is 9. The van der Waals surface area contributed by atoms with Gasteiger partial charge in [-0.1, -0.05) is 41.5 Å². The average Bonchev–Trinajstić information content (AvgIpc) is 2.24. The van der Waals surface area contributed by atoms with Crippen molar-refractivity contribution in [2.24, 2.45) is 11.3 Å². The Balaban J connectivity index is 4.07. The van der Waals surface area contributed by atoms with Gasteiger partial charge < -0.3 is 10.1 Å². The molecule has 17 heavy (non-hydrogen) atoms. The second-order valence-electron chi connectivity index (χ2n) is 6.23. The van der Waals surface area contributed by atoms with Gasteiger partial charge in [0.2, 0.25) is 0 Å². The summed E-state index contributed by atoms with van der Waals surface area (Å²) in [4.78, 5) is 0. The zero-order chi connectivity index (χ0) is 13.3. The summed E-state index contributed by atoms with van der Waals surface area (Å²) in [5, 5.41) is 3.61. The maximum Gasteiger partial charge on any atom is 0.0619 e. The van der Waals surface area contributed by atoms with E-state index >= 15 is 0 Å². The number of nitrogens with one attached hydrogen (secondary N) is 1. The predicted octanol–water partition coefficient (Wildman–Crippen LogP) is 3.85. The first kappa shape index (κ1) is 16.9. The molecular formula is C15H33NO. The van der Waals surface area contributed by atoms with Crippen LogP contribution in [0.3, 0.4) is 0 Å². The van der Waals surface area contributed by atoms with Gasteiger partial charge in [0.05, 0.1) is 6.61 Å². The average molecular weight is 243 g/mol. The van der Waals surface area contributed by atoms with E-state index in [0.29, 0.717) is 17.4 Å². The van der Waals surface area contributed by atoms with Crippen LogP contribution in [0.4, 0.5) is 0 Å². The van der Waals surface area contributed by atoms with Crippen molar-refractivity contribution < 1.29 is 4.74 Å². The third-order valence-electron chi connectivity index (χ3n) is 3.47. The van der Waals surface area contributed by atoms with Crippen LogP contribution in [-0.4, -0.2) is 25.8 Å². The van der Waals surface area contributed by atoms with Crippen molar-refractivity contribution in [3.8, 4) is 0 Å². The lowest BCUT2D eigenvalue weighted by atomic mass is 9.78. The van der Waals surface area contributed by atoms with Gasteiger partial charge in [0.25, 0.3) is 0 Å². The standard InChI is InChI=1S/C15H33NO/c1-7-9-16-14(12-17-10-8-2)11-13(3)15(4,5)6/h13-14,16H,7-12H2,1-6H3. The quantitative estimate of drug-likeness (QED) is 0.621. The Bertz CT molecular complexity index is 174. The highest BCUT2D eigenvalue weighted by Gasteiger charge is 2.23. The van der Waals surface area contributed by atoms with Gasteiger partial charge in [0.1, 0.15) is 0 Å². The van der Waals surface area contributed by atoms with Gasteiger partial charge in [-0.25, -0.2) is 0 Å². The molecule has 2 nitrogen and oxygen atoms in total. The molecule has 0 fully saturated rings. The Hall–Kier alpha value is -0.0800. The maximum atomic E-state index is 5.69. The molecule has 104 valence electrons. The minimum atomic E-state index is 0.386. The molecule has 0 aliphatic carbocycles. The summed E-state index contributed by atoms with van der Waals surface area (Å²) in [6.07, 6.45) is 3.50. The molecule has 1 N–H and O–H groups in total. The van der Waals surface area contributed by atoms with Crippen molar-refractivity contribution in [2.75, 3.05) is 19.8 Å². The third kappa shape index (κ3) is 8.62. The van der Waals surface area contributed by atoms with E-state index in [9.17, 15) is 0 Å². The highest BCUT2D eigenvalue weighted by Crippen LogP contribution is 2.29. The fraction of sp³-hybridized carbons (Fsp3) is 1.00. The van der Waals surface area contributed by atoms with E-state index in [-0.39, 0.29) is 0 Å². The summed E-state index contributed by atoms with van der Waals surface area (Å²) in [6, 6.07) is 0.510. The fourth-order valence-corrected chi connectivity index (χ4v) is 1.71. The smallest absolute Gasteiger partial charge is 0.0619 e. The van der Waals surface area contributed by atoms with Crippen molar-refractivity contribution in [2.45, 2.75) is 66.8 Å². The highest BCUT2D eigenvalue weighted by molar-refractivity contribution is 4.77. The Morgan fingerprint density at radius 2 is 1.76 bits per heavy atom. The molecule has 0 aliphatic rings. The maximum absolute atomic E-state index is 5.69. The van der Waals surface area contributed by atoms with Crippen LogP contribution in [0, 0.1) is 11.3 Å². The molecular weight excluding hydrogens is 210 g/mol. The molecule has 2 unspecified atom stereocenters. The van der Waals surface area contributed by atoms with Gasteiger partial charge in [-0.2, -0.15) is 0 Å². The molecule has 0 rings (SSSR count). The lowest BCUT2D eigenvalue weighted by Gasteiger charge is -2.31. The molecule has 0 heterocycles. The van der Waals surface area contributed by atoms with Crippen LogP contribution >= 0.6 is 0 Å². The Kier molecular flexibility index (Phi) is 8.89. The lowest BCUT2D eigenvalue weighted by Crippen LogP contribution is -2.37. The number of ether oxygens (including phenoxy) is 1. The van der Waals surface area contributed by atoms with Crippen LogP contribution in [-0.2, 0) is 4.74 Å². The molecule has 0 aromatic rings. The zero-order valence-corrected chi connectivity index (χ0v) is 12.8. The van der Waals surface area contributed by atoms with Crippen molar-refractivity contribution >= 4 is 0 Å². The molecule has 0 saturated heterocycles. The van der Waals surface area contributed by atoms with Crippen LogP contribution < -0.4 is 5.32 Å². The summed E-state index contributed by atoms with van der Waals surface area (Å²) < 4.78 is 5.69. The molecule has 0 radical (unpaired) electrons. The van der Waals surface area contributed by atoms with E-state index in [1.165, 1.54) is 12.8 Å². The minimum absolute atomic E-state index is 0.386. The van der Waals surface area contributed by atoms with Crippen molar-refractivity contribution in [3.05, 3.63) is 0 Å². The third-order valence-corrected chi connectivity index (χ3v) is 3.47. The van der Waals surface area contributed by atoms with Gasteiger partial charge in [-0.05, 0) is 37.1 Å². The second-order valence-corrected chi connectivity index (χ2v) is 6.23. The lowest BCUT2D eigenvalue weighted by molar-refractivity contribution is 0.0951. The van der Waals surface area contributed by atoms with Gasteiger partial charge in [0.15, 0.2) is 0 Å². The second kappa shape index (κ2) is 8.93. The molecule has 0 aromatic heterocycles. The van der Waals surface area contributed by atoms with E-state index in [1.54, 1.807) is 0 Å². The summed E-state index contributed by atoms with van der Waals surface area (Å²) in [5.74, 6) is 0.710. The van der Waals surface area contributed by atoms with Crippen LogP contribution in [0.2, 0.25) is 0 Å². The van der Waals surface area contributed by atoms with Crippen LogP contribution in [0.25, 0.3) is 0 Å². The first-order chi connectivity index (χ1) is 7.91. The first-order valence-electron chi connectivity index (χ1n) is 7.22. The Morgan fingerprint density at radius 1 is 1.12 bits per heavy atom. The Labute approximate surface area is 109 Å². The van der Waals surface area contributed by atoms with Crippen molar-refractivity contribution in [3.63, 3.8) is 0 Å². The largest absolute Gasteiger partial charge is 0.380 e. The molecule has 0 aliphatic heterocycles. The van der Waals surface area contributed by atoms with Gasteiger partial charge >= 0.3 is 0 Å². The summed E-state index contributed by atoms with van der Waals surface area (Å²) in [5.41, 5.74) is 0.386. The number of hydrogen-bond acceptors (Lipinski definition) is 2. The van der Waals surface area contributed by atoms with E-state index in [2.05, 4.69) is 46.9 Å². The topological polar surface area (TPSA) is 21.3 Å². The summed E-state index contributed by atoms with van der Waals surface area (Å²) >= 11 is 0. The molecule has 0 saturated carbocycles. The highest BCUT2D eigenvalue weighted by atomic mass is 16.5. The molecule has 2 heteroatoms. The van der Waals surface area contributed by atoms with E-state index in [0.717, 1.165) is 26.2 Å². The summed E-state index contributed by atoms with van der Waals surface area (Å²) in [7, 11) is 0. The van der Waals surface area contributed by atoms with Gasteiger partial charge in [0, 0.05) is 12.6 Å². The van der Waals surface area contributed by atoms with Crippen LogP contribution in [0.15, 0.2) is 0 Å². The first-order valence-corrected chi connectivity index (χ1v) is 7.22. The SMILES string of the molecule is CCCNC(COCCC)CC(C)C(C)(C)C. The molecule has 0 spiro atoms. The molecule has 2 atom stereocenters. The summed E-state index contributed by atoms with van der Waals surface area (Å²) in [6.45, 7) is 16.5. The fourth-order valence-electron chi connectivity index (χ4n) is 1.71. The Morgan fingerprint density at radius 3 is 2.24 bits per heavy atom. The van der Waals surface area contributed by atoms with Crippen LogP contribution in [0.5, 0.6) is 0 Å². The monoisotopic (exact) mass is 243 g/mol. The molecule has 0 bridgehead atoms. The molecule has 0 amide bonds. The van der Waals surface area contributed by atoms with Gasteiger partial charge in [-0.3, -0.25) is 0 Å². The minimum Gasteiger partial charge on any atom is -0.380 e. The number of hydrogen-bond donors (Lipinski definition) is 1. The van der Waals surface area contributed by atoms with Crippen molar-refractivity contribution in [1.29, 1.82) is 0 Å². The van der Waals surface area contributed by atoms with Crippen molar-refractivity contribution in [1.82, 2.24) is 5.32 Å². The van der Waals surface area contributed by atoms with E-state index < -0.39 is 0 Å². The predicted molar refractivity (Wildman–Crippen MR) is 76.4 cm³/mol. The zero-order valence-electron chi connectivity index (χ0n) is 12.8. The normalized spacial score (nSPS) is 15.9. The van der Waals surface area contributed by atoms with Gasteiger partial charge in [-0.15, -0.1) is 0 Å².